The minimum absolute atomic E-state index is 0.183. The first-order valence-corrected chi connectivity index (χ1v) is 15.7. The molecule has 4 aromatic rings. The number of piperidine rings is 1. The highest BCUT2D eigenvalue weighted by atomic mass is 16.2. The summed E-state index contributed by atoms with van der Waals surface area (Å²) >= 11 is 0. The van der Waals surface area contributed by atoms with Crippen LogP contribution >= 0.6 is 0 Å². The van der Waals surface area contributed by atoms with E-state index in [9.17, 15) is 9.59 Å². The Kier molecular flexibility index (Phi) is 8.06. The van der Waals surface area contributed by atoms with Crippen molar-refractivity contribution in [2.45, 2.75) is 25.7 Å². The maximum atomic E-state index is 13.0. The van der Waals surface area contributed by atoms with Gasteiger partial charge in [-0.25, -0.2) is 24.5 Å². The van der Waals surface area contributed by atoms with Gasteiger partial charge in [0.2, 0.25) is 0 Å². The number of likely N-dealkylation sites (tertiary alicyclic amines) is 2. The molecule has 0 saturated carbocycles. The van der Waals surface area contributed by atoms with Crippen molar-refractivity contribution in [1.82, 2.24) is 35.1 Å². The molecule has 0 radical (unpaired) electrons. The number of pyridine rings is 4. The molecule has 4 aromatic heterocycles. The molecule has 3 aliphatic rings. The standard InChI is InChI=1S/C33H37N11O2/c34-24-6-7-25(39-29(24)41-32(46)44-20-33(21-44)11-14-35-15-12-33)23-5-10-28(37-19-23)38-27-9-8-26(22-4-3-13-36-18-22)40-30(27)42-31(45)43-16-1-2-17-43/h3-10,13,18-19,35H,1-2,11-12,14-17,20-21,34H2,(H,37,38)(H,39,41,46)(H,40,42,45). The van der Waals surface area contributed by atoms with Crippen LogP contribution in [-0.4, -0.2) is 81.1 Å². The predicted octanol–water partition coefficient (Wildman–Crippen LogP) is 4.77. The highest BCUT2D eigenvalue weighted by Crippen LogP contribution is 2.39. The number of hydrogen-bond acceptors (Lipinski definition) is 9. The number of aromatic nitrogens is 4. The molecule has 1 spiro atoms. The average Bonchev–Trinajstić information content (AvgIpc) is 3.62. The molecule has 3 fully saturated rings. The van der Waals surface area contributed by atoms with Crippen LogP contribution in [0.2, 0.25) is 0 Å². The Labute approximate surface area is 267 Å². The fourth-order valence-electron chi connectivity index (χ4n) is 6.28. The number of nitrogens with two attached hydrogens (primary N) is 1. The second-order valence-corrected chi connectivity index (χ2v) is 12.2. The van der Waals surface area contributed by atoms with Crippen molar-refractivity contribution in [3.8, 4) is 22.5 Å². The SMILES string of the molecule is Nc1ccc(-c2ccc(Nc3ccc(-c4cccnc4)nc3NC(=O)N3CCCC3)nc2)nc1NC(=O)N1CC2(CCNCC2)C1. The third kappa shape index (κ3) is 6.26. The van der Waals surface area contributed by atoms with Gasteiger partial charge in [0.1, 0.15) is 5.82 Å². The van der Waals surface area contributed by atoms with Crippen molar-refractivity contribution >= 4 is 40.9 Å². The lowest BCUT2D eigenvalue weighted by molar-refractivity contribution is 0.0108. The summed E-state index contributed by atoms with van der Waals surface area (Å²) in [7, 11) is 0. The fourth-order valence-corrected chi connectivity index (χ4v) is 6.28. The van der Waals surface area contributed by atoms with Gasteiger partial charge in [-0.05, 0) is 87.3 Å². The van der Waals surface area contributed by atoms with Crippen LogP contribution in [0.5, 0.6) is 0 Å². The zero-order valence-corrected chi connectivity index (χ0v) is 25.5. The molecule has 13 heteroatoms. The van der Waals surface area contributed by atoms with Gasteiger partial charge in [0.25, 0.3) is 0 Å². The number of nitrogen functional groups attached to an aromatic ring is 1. The fraction of sp³-hybridized carbons (Fsp3) is 0.333. The van der Waals surface area contributed by atoms with Crippen LogP contribution in [0.1, 0.15) is 25.7 Å². The summed E-state index contributed by atoms with van der Waals surface area (Å²) < 4.78 is 0. The Morgan fingerprint density at radius 2 is 1.50 bits per heavy atom. The van der Waals surface area contributed by atoms with Gasteiger partial charge in [-0.15, -0.1) is 0 Å². The molecule has 4 amide bonds. The van der Waals surface area contributed by atoms with E-state index in [4.69, 9.17) is 10.7 Å². The van der Waals surface area contributed by atoms with Crippen molar-refractivity contribution in [3.05, 3.63) is 67.1 Å². The molecule has 46 heavy (non-hydrogen) atoms. The summed E-state index contributed by atoms with van der Waals surface area (Å²) in [5.74, 6) is 1.29. The Bertz CT molecular complexity index is 1710. The van der Waals surface area contributed by atoms with Crippen molar-refractivity contribution in [2.24, 2.45) is 5.41 Å². The first-order valence-electron chi connectivity index (χ1n) is 15.7. The Morgan fingerprint density at radius 1 is 0.804 bits per heavy atom. The number of hydrogen-bond donors (Lipinski definition) is 5. The molecule has 0 bridgehead atoms. The van der Waals surface area contributed by atoms with Gasteiger partial charge in [-0.3, -0.25) is 15.6 Å². The predicted molar refractivity (Wildman–Crippen MR) is 178 cm³/mol. The van der Waals surface area contributed by atoms with Gasteiger partial charge in [0, 0.05) is 61.3 Å². The molecule has 3 saturated heterocycles. The Balaban J connectivity index is 1.05. The lowest BCUT2D eigenvalue weighted by Crippen LogP contribution is -2.62. The smallest absolute Gasteiger partial charge is 0.323 e. The maximum Gasteiger partial charge on any atom is 0.323 e. The van der Waals surface area contributed by atoms with Crippen LogP contribution in [0, 0.1) is 5.41 Å². The van der Waals surface area contributed by atoms with Crippen LogP contribution in [0.3, 0.4) is 0 Å². The zero-order valence-electron chi connectivity index (χ0n) is 25.5. The van der Waals surface area contributed by atoms with E-state index < -0.39 is 0 Å². The number of nitrogens with zero attached hydrogens (tertiary/aromatic N) is 6. The molecule has 0 atom stereocenters. The minimum atomic E-state index is -0.186. The Morgan fingerprint density at radius 3 is 2.22 bits per heavy atom. The van der Waals surface area contributed by atoms with Crippen molar-refractivity contribution in [2.75, 3.05) is 61.0 Å². The summed E-state index contributed by atoms with van der Waals surface area (Å²) in [4.78, 5) is 47.7. The molecule has 3 aliphatic heterocycles. The second kappa shape index (κ2) is 12.6. The van der Waals surface area contributed by atoms with Gasteiger partial charge in [-0.1, -0.05) is 0 Å². The molecule has 6 N–H and O–H groups in total. The first kappa shape index (κ1) is 29.4. The minimum Gasteiger partial charge on any atom is -0.396 e. The van der Waals surface area contributed by atoms with E-state index in [1.54, 1.807) is 35.6 Å². The maximum absolute atomic E-state index is 13.0. The number of nitrogens with one attached hydrogen (secondary N) is 4. The van der Waals surface area contributed by atoms with Gasteiger partial charge in [0.15, 0.2) is 11.6 Å². The highest BCUT2D eigenvalue weighted by molar-refractivity contribution is 5.93. The summed E-state index contributed by atoms with van der Waals surface area (Å²) in [6, 6.07) is 14.4. The van der Waals surface area contributed by atoms with Crippen LogP contribution < -0.4 is 27.0 Å². The number of urea groups is 2. The van der Waals surface area contributed by atoms with Crippen LogP contribution in [0.15, 0.2) is 67.1 Å². The van der Waals surface area contributed by atoms with Crippen molar-refractivity contribution in [3.63, 3.8) is 0 Å². The Hall–Kier alpha value is -5.30. The summed E-state index contributed by atoms with van der Waals surface area (Å²) in [5.41, 5.74) is 10.3. The van der Waals surface area contributed by atoms with E-state index in [1.165, 1.54) is 0 Å². The van der Waals surface area contributed by atoms with E-state index in [0.717, 1.165) is 76.1 Å². The molecule has 236 valence electrons. The average molecular weight is 620 g/mol. The molecule has 7 heterocycles. The van der Waals surface area contributed by atoms with E-state index >= 15 is 0 Å². The molecule has 0 aromatic carbocycles. The molecule has 0 unspecified atom stereocenters. The number of carbonyl (C=O) groups excluding carboxylic acids is 2. The van der Waals surface area contributed by atoms with Crippen LogP contribution in [0.4, 0.5) is 38.4 Å². The number of carbonyl (C=O) groups is 2. The van der Waals surface area contributed by atoms with Crippen molar-refractivity contribution in [1.29, 1.82) is 0 Å². The molecular weight excluding hydrogens is 582 g/mol. The summed E-state index contributed by atoms with van der Waals surface area (Å²) in [6.07, 6.45) is 9.30. The number of rotatable bonds is 6. The van der Waals surface area contributed by atoms with E-state index in [2.05, 4.69) is 36.2 Å². The van der Waals surface area contributed by atoms with E-state index in [0.29, 0.717) is 40.2 Å². The summed E-state index contributed by atoms with van der Waals surface area (Å²) in [5, 5.41) is 12.6. The zero-order chi connectivity index (χ0) is 31.5. The van der Waals surface area contributed by atoms with Gasteiger partial charge in [-0.2, -0.15) is 0 Å². The quantitative estimate of drug-likeness (QED) is 0.204. The van der Waals surface area contributed by atoms with Gasteiger partial charge >= 0.3 is 12.1 Å². The molecule has 0 aliphatic carbocycles. The van der Waals surface area contributed by atoms with Crippen LogP contribution in [0.25, 0.3) is 22.5 Å². The summed E-state index contributed by atoms with van der Waals surface area (Å²) in [6.45, 7) is 4.96. The largest absolute Gasteiger partial charge is 0.396 e. The van der Waals surface area contributed by atoms with Gasteiger partial charge < -0.3 is 26.2 Å². The van der Waals surface area contributed by atoms with Gasteiger partial charge in [0.05, 0.1) is 22.8 Å². The molecule has 13 nitrogen and oxygen atoms in total. The van der Waals surface area contributed by atoms with E-state index in [-0.39, 0.29) is 17.5 Å². The topological polar surface area (TPSA) is 166 Å². The molecular formula is C33H37N11O2. The van der Waals surface area contributed by atoms with E-state index in [1.807, 2.05) is 41.3 Å². The normalized spacial score (nSPS) is 17.0. The third-order valence-electron chi connectivity index (χ3n) is 8.95. The van der Waals surface area contributed by atoms with Crippen molar-refractivity contribution < 1.29 is 9.59 Å². The number of amides is 4. The highest BCUT2D eigenvalue weighted by Gasteiger charge is 2.45. The second-order valence-electron chi connectivity index (χ2n) is 12.2. The molecule has 7 rings (SSSR count). The lowest BCUT2D eigenvalue weighted by Gasteiger charge is -2.52. The lowest BCUT2D eigenvalue weighted by atomic mass is 9.72. The third-order valence-corrected chi connectivity index (χ3v) is 8.95. The monoisotopic (exact) mass is 619 g/mol. The number of anilines is 5. The first-order chi connectivity index (χ1) is 22.4. The van der Waals surface area contributed by atoms with Crippen LogP contribution in [-0.2, 0) is 0 Å².